The minimum atomic E-state index is -5.08. The van der Waals surface area contributed by atoms with Gasteiger partial charge in [-0.2, -0.15) is 13.2 Å². The number of hydrogen-bond acceptors (Lipinski definition) is 7. The minimum absolute atomic E-state index is 0.0885. The van der Waals surface area contributed by atoms with Crippen LogP contribution in [0.25, 0.3) is 0 Å². The van der Waals surface area contributed by atoms with Crippen molar-refractivity contribution in [3.63, 3.8) is 0 Å². The minimum Gasteiger partial charge on any atom is -0.501 e. The van der Waals surface area contributed by atoms with E-state index >= 15 is 0 Å². The highest BCUT2D eigenvalue weighted by Gasteiger charge is 2.38. The summed E-state index contributed by atoms with van der Waals surface area (Å²) in [6.07, 6.45) is -5.30. The Balaban J connectivity index is 0.000000479. The second kappa shape index (κ2) is 10.4. The van der Waals surface area contributed by atoms with E-state index in [2.05, 4.69) is 15.6 Å². The van der Waals surface area contributed by atoms with Gasteiger partial charge >= 0.3 is 12.1 Å². The number of aromatic nitrogens is 2. The van der Waals surface area contributed by atoms with Crippen molar-refractivity contribution in [3.8, 4) is 5.75 Å². The first-order valence-corrected chi connectivity index (χ1v) is 9.35. The van der Waals surface area contributed by atoms with Gasteiger partial charge < -0.3 is 26.0 Å². The van der Waals surface area contributed by atoms with Crippen LogP contribution in [0.15, 0.2) is 29.1 Å². The molecule has 3 rings (SSSR count). The van der Waals surface area contributed by atoms with Gasteiger partial charge in [0.25, 0.3) is 11.5 Å². The SMILES string of the molecule is Cn1c([C@@H]2C[C@@H](O)CN2)nc(C(=O)NCc2ccc(F)cc2)c(O)c1=O.O=C(O)C(F)(F)F. The van der Waals surface area contributed by atoms with E-state index in [0.29, 0.717) is 18.5 Å². The number of rotatable bonds is 4. The highest BCUT2D eigenvalue weighted by Crippen LogP contribution is 2.22. The molecule has 0 aliphatic carbocycles. The average molecular weight is 476 g/mol. The van der Waals surface area contributed by atoms with Gasteiger partial charge in [0.05, 0.1) is 12.1 Å². The van der Waals surface area contributed by atoms with E-state index in [1.165, 1.54) is 31.3 Å². The van der Waals surface area contributed by atoms with E-state index in [1.807, 2.05) is 0 Å². The Morgan fingerprint density at radius 2 is 1.85 bits per heavy atom. The first kappa shape index (κ1) is 25.7. The van der Waals surface area contributed by atoms with Crippen LogP contribution in [-0.2, 0) is 18.4 Å². The number of alkyl halides is 3. The number of nitrogens with zero attached hydrogens (tertiary/aromatic N) is 2. The van der Waals surface area contributed by atoms with Gasteiger partial charge in [0.15, 0.2) is 5.69 Å². The van der Waals surface area contributed by atoms with Crippen molar-refractivity contribution >= 4 is 11.9 Å². The first-order valence-electron chi connectivity index (χ1n) is 9.35. The zero-order valence-electron chi connectivity index (χ0n) is 17.1. The molecule has 180 valence electrons. The van der Waals surface area contributed by atoms with Crippen molar-refractivity contribution in [2.24, 2.45) is 7.05 Å². The van der Waals surface area contributed by atoms with Gasteiger partial charge in [-0.1, -0.05) is 12.1 Å². The highest BCUT2D eigenvalue weighted by molar-refractivity contribution is 5.94. The van der Waals surface area contributed by atoms with Crippen molar-refractivity contribution in [3.05, 3.63) is 57.5 Å². The number of benzene rings is 1. The Labute approximate surface area is 183 Å². The molecule has 0 saturated carbocycles. The van der Waals surface area contributed by atoms with Gasteiger partial charge in [-0.05, 0) is 24.1 Å². The maximum absolute atomic E-state index is 12.9. The molecule has 1 fully saturated rings. The van der Waals surface area contributed by atoms with E-state index in [9.17, 15) is 37.4 Å². The largest absolute Gasteiger partial charge is 0.501 e. The molecular weight excluding hydrogens is 456 g/mol. The van der Waals surface area contributed by atoms with Crippen LogP contribution in [0, 0.1) is 5.82 Å². The van der Waals surface area contributed by atoms with Crippen LogP contribution in [0.4, 0.5) is 17.6 Å². The second-order valence-electron chi connectivity index (χ2n) is 6.99. The standard InChI is InChI=1S/C17H19FN4O4.C2HF3O2/c1-22-15(12-6-11(23)8-19-12)21-13(14(24)17(22)26)16(25)20-7-9-2-4-10(18)5-3-9;3-2(4,5)1(6)7/h2-5,11-12,19,23-24H,6-8H2,1H3,(H,20,25);(H,6,7)/t11-,12+;/m1./s1. The number of aliphatic carboxylic acids is 1. The zero-order chi connectivity index (χ0) is 24.9. The summed E-state index contributed by atoms with van der Waals surface area (Å²) in [5.74, 6) is -4.35. The predicted molar refractivity (Wildman–Crippen MR) is 104 cm³/mol. The third kappa shape index (κ3) is 6.73. The summed E-state index contributed by atoms with van der Waals surface area (Å²) in [7, 11) is 1.44. The molecule has 0 radical (unpaired) electrons. The number of halogens is 4. The summed E-state index contributed by atoms with van der Waals surface area (Å²) in [6, 6.07) is 5.17. The molecular formula is C19H20F4N4O6. The van der Waals surface area contributed by atoms with Crippen molar-refractivity contribution < 1.29 is 42.5 Å². The van der Waals surface area contributed by atoms with Crippen LogP contribution < -0.4 is 16.2 Å². The molecule has 2 atom stereocenters. The average Bonchev–Trinajstić information content (AvgIpc) is 3.17. The smallest absolute Gasteiger partial charge is 0.490 e. The molecule has 1 aliphatic heterocycles. The molecule has 33 heavy (non-hydrogen) atoms. The second-order valence-corrected chi connectivity index (χ2v) is 6.99. The van der Waals surface area contributed by atoms with Crippen molar-refractivity contribution in [1.29, 1.82) is 0 Å². The molecule has 2 heterocycles. The normalized spacial score (nSPS) is 17.8. The molecule has 1 amide bonds. The topological polar surface area (TPSA) is 154 Å². The van der Waals surface area contributed by atoms with Crippen LogP contribution in [0.1, 0.15) is 34.3 Å². The van der Waals surface area contributed by atoms with Gasteiger partial charge in [-0.15, -0.1) is 0 Å². The van der Waals surface area contributed by atoms with Gasteiger partial charge in [0.2, 0.25) is 5.75 Å². The Kier molecular flexibility index (Phi) is 8.11. The molecule has 2 aromatic rings. The lowest BCUT2D eigenvalue weighted by atomic mass is 10.1. The molecule has 1 aliphatic rings. The lowest BCUT2D eigenvalue weighted by Gasteiger charge is -2.16. The van der Waals surface area contributed by atoms with Gasteiger partial charge in [0, 0.05) is 20.1 Å². The van der Waals surface area contributed by atoms with E-state index < -0.39 is 41.5 Å². The summed E-state index contributed by atoms with van der Waals surface area (Å²) >= 11 is 0. The van der Waals surface area contributed by atoms with Crippen LogP contribution in [0.2, 0.25) is 0 Å². The van der Waals surface area contributed by atoms with E-state index in [-0.39, 0.29) is 23.9 Å². The molecule has 1 aromatic carbocycles. The maximum atomic E-state index is 12.9. The highest BCUT2D eigenvalue weighted by atomic mass is 19.4. The molecule has 0 unspecified atom stereocenters. The summed E-state index contributed by atoms with van der Waals surface area (Å²) < 4.78 is 45.8. The van der Waals surface area contributed by atoms with Crippen molar-refractivity contribution in [1.82, 2.24) is 20.2 Å². The first-order chi connectivity index (χ1) is 15.3. The van der Waals surface area contributed by atoms with E-state index in [4.69, 9.17) is 9.90 Å². The Morgan fingerprint density at radius 3 is 2.33 bits per heavy atom. The monoisotopic (exact) mass is 476 g/mol. The summed E-state index contributed by atoms with van der Waals surface area (Å²) in [4.78, 5) is 37.6. The summed E-state index contributed by atoms with van der Waals surface area (Å²) in [5.41, 5.74) is -0.470. The van der Waals surface area contributed by atoms with E-state index in [1.54, 1.807) is 0 Å². The number of hydrogen-bond donors (Lipinski definition) is 5. The lowest BCUT2D eigenvalue weighted by Crippen LogP contribution is -2.32. The number of aliphatic hydroxyl groups excluding tert-OH is 1. The molecule has 0 bridgehead atoms. The van der Waals surface area contributed by atoms with Gasteiger partial charge in [0.1, 0.15) is 11.6 Å². The van der Waals surface area contributed by atoms with Gasteiger partial charge in [-0.25, -0.2) is 14.2 Å². The Morgan fingerprint density at radius 1 is 1.27 bits per heavy atom. The number of carboxylic acids is 1. The van der Waals surface area contributed by atoms with E-state index in [0.717, 1.165) is 4.57 Å². The van der Waals surface area contributed by atoms with Crippen LogP contribution >= 0.6 is 0 Å². The molecule has 1 aromatic heterocycles. The molecule has 0 spiro atoms. The summed E-state index contributed by atoms with van der Waals surface area (Å²) in [5, 5.41) is 32.4. The van der Waals surface area contributed by atoms with Crippen LogP contribution in [0.3, 0.4) is 0 Å². The molecule has 14 heteroatoms. The fourth-order valence-corrected chi connectivity index (χ4v) is 2.86. The number of carboxylic acid groups (broad SMARTS) is 1. The summed E-state index contributed by atoms with van der Waals surface area (Å²) in [6.45, 7) is 0.443. The number of β-amino-alcohol motifs (C(OH)–C–C–N with tert-alkyl or cyclic N) is 1. The van der Waals surface area contributed by atoms with Crippen LogP contribution in [-0.4, -0.2) is 55.6 Å². The predicted octanol–water partition coefficient (Wildman–Crippen LogP) is 0.584. The number of aromatic hydroxyl groups is 1. The van der Waals surface area contributed by atoms with Crippen molar-refractivity contribution in [2.75, 3.05) is 6.54 Å². The molecule has 10 nitrogen and oxygen atoms in total. The Hall–Kier alpha value is -3.52. The third-order valence-electron chi connectivity index (χ3n) is 4.54. The number of aliphatic hydroxyl groups is 1. The quantitative estimate of drug-likeness (QED) is 0.402. The number of carbonyl (C=O) groups excluding carboxylic acids is 1. The fraction of sp³-hybridized carbons (Fsp3) is 0.368. The lowest BCUT2D eigenvalue weighted by molar-refractivity contribution is -0.192. The molecule has 5 N–H and O–H groups in total. The maximum Gasteiger partial charge on any atom is 0.490 e. The number of carbonyl (C=O) groups is 2. The zero-order valence-corrected chi connectivity index (χ0v) is 17.1. The number of amides is 1. The van der Waals surface area contributed by atoms with Gasteiger partial charge in [-0.3, -0.25) is 14.2 Å². The number of nitrogens with one attached hydrogen (secondary N) is 2. The van der Waals surface area contributed by atoms with Crippen molar-refractivity contribution in [2.45, 2.75) is 31.3 Å². The third-order valence-corrected chi connectivity index (χ3v) is 4.54. The van der Waals surface area contributed by atoms with Crippen LogP contribution in [0.5, 0.6) is 5.75 Å². The Bertz CT molecular complexity index is 1070. The fourth-order valence-electron chi connectivity index (χ4n) is 2.86. The molecule has 1 saturated heterocycles.